The fraction of sp³-hybridized carbons (Fsp3) is 0.0909. The molecule has 2 aromatic heterocycles. The summed E-state index contributed by atoms with van der Waals surface area (Å²) in [6.07, 6.45) is -0.310. The van der Waals surface area contributed by atoms with Gasteiger partial charge in [0.25, 0.3) is 0 Å². The summed E-state index contributed by atoms with van der Waals surface area (Å²) in [5, 5.41) is -0.145. The Kier molecular flexibility index (Phi) is 4.00. The molecule has 0 aliphatic heterocycles. The van der Waals surface area contributed by atoms with Crippen molar-refractivity contribution in [2.45, 2.75) is 16.1 Å². The Morgan fingerprint density at radius 3 is 2.63 bits per heavy atom. The average molecular weight is 350 g/mol. The summed E-state index contributed by atoms with van der Waals surface area (Å²) in [5.74, 6) is 0. The number of alkyl halides is 3. The van der Waals surface area contributed by atoms with Gasteiger partial charge in [-0.1, -0.05) is 11.8 Å². The first kappa shape index (κ1) is 14.1. The highest BCUT2D eigenvalue weighted by molar-refractivity contribution is 9.10. The van der Waals surface area contributed by atoms with Crippen molar-refractivity contribution in [1.82, 2.24) is 9.97 Å². The van der Waals surface area contributed by atoms with Crippen LogP contribution in [0, 0.1) is 0 Å². The molecule has 2 rings (SSSR count). The molecule has 0 aromatic carbocycles. The molecule has 0 saturated carbocycles. The molecule has 0 radical (unpaired) electrons. The van der Waals surface area contributed by atoms with Gasteiger partial charge in [-0.3, -0.25) is 4.98 Å². The Labute approximate surface area is 119 Å². The van der Waals surface area contributed by atoms with Gasteiger partial charge in [-0.2, -0.15) is 13.2 Å². The van der Waals surface area contributed by atoms with E-state index in [4.69, 9.17) is 5.73 Å². The van der Waals surface area contributed by atoms with Gasteiger partial charge in [0.1, 0.15) is 5.03 Å². The second kappa shape index (κ2) is 5.38. The Morgan fingerprint density at radius 1 is 1.26 bits per heavy atom. The first-order valence-corrected chi connectivity index (χ1v) is 6.59. The number of halogens is 4. The van der Waals surface area contributed by atoms with E-state index in [1.807, 2.05) is 0 Å². The normalized spacial score (nSPS) is 11.6. The maximum Gasteiger partial charge on any atom is 0.419 e. The average Bonchev–Trinajstić information content (AvgIpc) is 2.33. The summed E-state index contributed by atoms with van der Waals surface area (Å²) < 4.78 is 39.0. The van der Waals surface area contributed by atoms with E-state index >= 15 is 0 Å². The highest BCUT2D eigenvalue weighted by atomic mass is 79.9. The largest absolute Gasteiger partial charge is 0.419 e. The minimum absolute atomic E-state index is 0.145. The SMILES string of the molecule is Nc1cnccc1Sc1ncc(Br)cc1C(F)(F)F. The highest BCUT2D eigenvalue weighted by Gasteiger charge is 2.34. The van der Waals surface area contributed by atoms with E-state index in [0.717, 1.165) is 17.8 Å². The summed E-state index contributed by atoms with van der Waals surface area (Å²) in [7, 11) is 0. The van der Waals surface area contributed by atoms with E-state index in [9.17, 15) is 13.2 Å². The summed E-state index contributed by atoms with van der Waals surface area (Å²) in [6, 6.07) is 2.54. The minimum atomic E-state index is -4.47. The predicted molar refractivity (Wildman–Crippen MR) is 69.7 cm³/mol. The Bertz CT molecular complexity index is 604. The van der Waals surface area contributed by atoms with Gasteiger partial charge >= 0.3 is 6.18 Å². The van der Waals surface area contributed by atoms with Gasteiger partial charge in [-0.15, -0.1) is 0 Å². The third kappa shape index (κ3) is 3.38. The maximum atomic E-state index is 12.9. The first-order valence-electron chi connectivity index (χ1n) is 4.98. The van der Waals surface area contributed by atoms with Crippen LogP contribution in [0.5, 0.6) is 0 Å². The minimum Gasteiger partial charge on any atom is -0.397 e. The van der Waals surface area contributed by atoms with Gasteiger partial charge in [-0.25, -0.2) is 4.98 Å². The molecule has 19 heavy (non-hydrogen) atoms. The quantitative estimate of drug-likeness (QED) is 0.890. The second-order valence-corrected chi connectivity index (χ2v) is 5.47. The third-order valence-electron chi connectivity index (χ3n) is 2.14. The number of rotatable bonds is 2. The van der Waals surface area contributed by atoms with Crippen LogP contribution in [0.4, 0.5) is 18.9 Å². The van der Waals surface area contributed by atoms with Crippen LogP contribution in [-0.4, -0.2) is 9.97 Å². The molecule has 2 N–H and O–H groups in total. The van der Waals surface area contributed by atoms with Crippen molar-refractivity contribution in [3.63, 3.8) is 0 Å². The molecule has 0 fully saturated rings. The molecule has 100 valence electrons. The third-order valence-corrected chi connectivity index (χ3v) is 3.68. The second-order valence-electron chi connectivity index (χ2n) is 3.52. The van der Waals surface area contributed by atoms with Crippen molar-refractivity contribution in [3.8, 4) is 0 Å². The van der Waals surface area contributed by atoms with Gasteiger partial charge in [0.15, 0.2) is 0 Å². The van der Waals surface area contributed by atoms with E-state index in [1.165, 1.54) is 18.6 Å². The molecule has 2 heterocycles. The number of hydrogen-bond acceptors (Lipinski definition) is 4. The zero-order valence-electron chi connectivity index (χ0n) is 9.28. The van der Waals surface area contributed by atoms with Gasteiger partial charge in [0, 0.05) is 21.8 Å². The molecule has 0 unspecified atom stereocenters. The Balaban J connectivity index is 2.44. The fourth-order valence-corrected chi connectivity index (χ4v) is 2.53. The first-order chi connectivity index (χ1) is 8.88. The highest BCUT2D eigenvalue weighted by Crippen LogP contribution is 2.40. The Morgan fingerprint density at radius 2 is 2.00 bits per heavy atom. The number of anilines is 1. The standard InChI is InChI=1S/C11H7BrF3N3S/c12-6-3-7(11(13,14)15)10(18-4-6)19-9-1-2-17-5-8(9)16/h1-5H,16H2. The number of nitrogens with two attached hydrogens (primary N) is 1. The van der Waals surface area contributed by atoms with Crippen molar-refractivity contribution in [2.75, 3.05) is 5.73 Å². The van der Waals surface area contributed by atoms with E-state index in [-0.39, 0.29) is 9.50 Å². The van der Waals surface area contributed by atoms with Crippen molar-refractivity contribution in [3.05, 3.63) is 40.8 Å². The monoisotopic (exact) mass is 349 g/mol. The van der Waals surface area contributed by atoms with E-state index < -0.39 is 11.7 Å². The smallest absolute Gasteiger partial charge is 0.397 e. The summed E-state index contributed by atoms with van der Waals surface area (Å²) in [5.41, 5.74) is 5.16. The molecule has 0 amide bonds. The fourth-order valence-electron chi connectivity index (χ4n) is 1.30. The lowest BCUT2D eigenvalue weighted by atomic mass is 10.3. The number of nitrogens with zero attached hydrogens (tertiary/aromatic N) is 2. The number of pyridine rings is 2. The number of hydrogen-bond donors (Lipinski definition) is 1. The van der Waals surface area contributed by atoms with Crippen molar-refractivity contribution in [2.24, 2.45) is 0 Å². The maximum absolute atomic E-state index is 12.9. The zero-order valence-corrected chi connectivity index (χ0v) is 11.7. The van der Waals surface area contributed by atoms with Crippen LogP contribution in [-0.2, 0) is 6.18 Å². The summed E-state index contributed by atoms with van der Waals surface area (Å²) in [4.78, 5) is 8.07. The number of aromatic nitrogens is 2. The van der Waals surface area contributed by atoms with Crippen LogP contribution in [0.3, 0.4) is 0 Å². The lowest BCUT2D eigenvalue weighted by Crippen LogP contribution is -2.08. The van der Waals surface area contributed by atoms with Gasteiger partial charge in [0.05, 0.1) is 17.4 Å². The summed E-state index contributed by atoms with van der Waals surface area (Å²) in [6.45, 7) is 0. The van der Waals surface area contributed by atoms with Gasteiger partial charge < -0.3 is 5.73 Å². The van der Waals surface area contributed by atoms with E-state index in [1.54, 1.807) is 6.07 Å². The number of nitrogen functional groups attached to an aromatic ring is 1. The molecule has 0 aliphatic rings. The van der Waals surface area contributed by atoms with Gasteiger partial charge in [-0.05, 0) is 28.1 Å². The lowest BCUT2D eigenvalue weighted by molar-refractivity contribution is -0.140. The van der Waals surface area contributed by atoms with E-state index in [2.05, 4.69) is 25.9 Å². The lowest BCUT2D eigenvalue weighted by Gasteiger charge is -2.12. The van der Waals surface area contributed by atoms with Crippen LogP contribution >= 0.6 is 27.7 Å². The van der Waals surface area contributed by atoms with Crippen LogP contribution in [0.25, 0.3) is 0 Å². The van der Waals surface area contributed by atoms with E-state index in [0.29, 0.717) is 10.6 Å². The molecule has 0 aliphatic carbocycles. The van der Waals surface area contributed by atoms with Crippen molar-refractivity contribution < 1.29 is 13.2 Å². The molecule has 2 aromatic rings. The van der Waals surface area contributed by atoms with Gasteiger partial charge in [0.2, 0.25) is 0 Å². The zero-order chi connectivity index (χ0) is 14.0. The van der Waals surface area contributed by atoms with Crippen LogP contribution < -0.4 is 5.73 Å². The molecular weight excluding hydrogens is 343 g/mol. The van der Waals surface area contributed by atoms with Crippen molar-refractivity contribution >= 4 is 33.4 Å². The molecule has 0 spiro atoms. The van der Waals surface area contributed by atoms with Crippen molar-refractivity contribution in [1.29, 1.82) is 0 Å². The van der Waals surface area contributed by atoms with Crippen LogP contribution in [0.15, 0.2) is 45.1 Å². The molecule has 0 atom stereocenters. The molecular formula is C11H7BrF3N3S. The molecule has 8 heteroatoms. The van der Waals surface area contributed by atoms with Crippen LogP contribution in [0.1, 0.15) is 5.56 Å². The molecule has 0 bridgehead atoms. The summed E-state index contributed by atoms with van der Waals surface area (Å²) >= 11 is 3.84. The van der Waals surface area contributed by atoms with Crippen LogP contribution in [0.2, 0.25) is 0 Å². The predicted octanol–water partition coefficient (Wildman–Crippen LogP) is 3.99. The Hall–Kier alpha value is -1.28. The topological polar surface area (TPSA) is 51.8 Å². The molecule has 3 nitrogen and oxygen atoms in total. The molecule has 0 saturated heterocycles.